The van der Waals surface area contributed by atoms with Crippen LogP contribution in [0, 0.1) is 11.6 Å². The zero-order valence-electron chi connectivity index (χ0n) is 10.2. The van der Waals surface area contributed by atoms with Crippen LogP contribution in [0.15, 0.2) is 48.5 Å². The van der Waals surface area contributed by atoms with E-state index in [4.69, 9.17) is 0 Å². The second-order valence-corrected chi connectivity index (χ2v) is 4.22. The number of benzene rings is 2. The summed E-state index contributed by atoms with van der Waals surface area (Å²) in [6, 6.07) is 13.0. The monoisotopic (exact) mass is 247 g/mol. The highest BCUT2D eigenvalue weighted by Gasteiger charge is 2.10. The van der Waals surface area contributed by atoms with Gasteiger partial charge >= 0.3 is 0 Å². The predicted molar refractivity (Wildman–Crippen MR) is 68.1 cm³/mol. The van der Waals surface area contributed by atoms with Crippen LogP contribution in [0.2, 0.25) is 0 Å². The van der Waals surface area contributed by atoms with Crippen LogP contribution in [-0.2, 0) is 6.54 Å². The summed E-state index contributed by atoms with van der Waals surface area (Å²) in [6.07, 6.45) is 0. The number of nitrogens with one attached hydrogen (secondary N) is 1. The largest absolute Gasteiger partial charge is 0.306 e. The van der Waals surface area contributed by atoms with Gasteiger partial charge in [-0.3, -0.25) is 0 Å². The third kappa shape index (κ3) is 2.93. The van der Waals surface area contributed by atoms with Crippen LogP contribution in [0.1, 0.15) is 24.1 Å². The second kappa shape index (κ2) is 5.74. The average Bonchev–Trinajstić information content (AvgIpc) is 2.38. The van der Waals surface area contributed by atoms with Crippen molar-refractivity contribution in [3.63, 3.8) is 0 Å². The molecule has 0 aliphatic rings. The van der Waals surface area contributed by atoms with Gasteiger partial charge < -0.3 is 5.32 Å². The van der Waals surface area contributed by atoms with Crippen molar-refractivity contribution in [1.82, 2.24) is 5.32 Å². The van der Waals surface area contributed by atoms with Crippen molar-refractivity contribution in [3.8, 4) is 0 Å². The van der Waals surface area contributed by atoms with E-state index in [1.54, 1.807) is 36.4 Å². The molecule has 0 aliphatic carbocycles. The Hall–Kier alpha value is -1.74. The van der Waals surface area contributed by atoms with E-state index in [-0.39, 0.29) is 17.7 Å². The van der Waals surface area contributed by atoms with Gasteiger partial charge in [0, 0.05) is 23.7 Å². The number of rotatable bonds is 4. The Kier molecular flexibility index (Phi) is 4.05. The lowest BCUT2D eigenvalue weighted by atomic mass is 10.1. The fourth-order valence-corrected chi connectivity index (χ4v) is 1.84. The molecule has 2 rings (SSSR count). The van der Waals surface area contributed by atoms with Gasteiger partial charge in [-0.05, 0) is 19.1 Å². The van der Waals surface area contributed by atoms with Crippen LogP contribution in [-0.4, -0.2) is 0 Å². The summed E-state index contributed by atoms with van der Waals surface area (Å²) in [5.41, 5.74) is 1.18. The van der Waals surface area contributed by atoms with Crippen LogP contribution in [0.4, 0.5) is 8.78 Å². The molecule has 2 aromatic rings. The Morgan fingerprint density at radius 2 is 1.56 bits per heavy atom. The molecule has 0 amide bonds. The molecule has 18 heavy (non-hydrogen) atoms. The van der Waals surface area contributed by atoms with Crippen molar-refractivity contribution in [2.75, 3.05) is 0 Å². The Bertz CT molecular complexity index is 525. The average molecular weight is 247 g/mol. The molecule has 0 bridgehead atoms. The third-order valence-corrected chi connectivity index (χ3v) is 2.93. The van der Waals surface area contributed by atoms with E-state index in [0.717, 1.165) is 0 Å². The van der Waals surface area contributed by atoms with Gasteiger partial charge in [0.25, 0.3) is 0 Å². The van der Waals surface area contributed by atoms with Gasteiger partial charge in [0.15, 0.2) is 0 Å². The lowest BCUT2D eigenvalue weighted by Gasteiger charge is -2.15. The maximum Gasteiger partial charge on any atom is 0.127 e. The van der Waals surface area contributed by atoms with Crippen LogP contribution in [0.5, 0.6) is 0 Å². The predicted octanol–water partition coefficient (Wildman–Crippen LogP) is 3.82. The quantitative estimate of drug-likeness (QED) is 0.866. The van der Waals surface area contributed by atoms with E-state index in [9.17, 15) is 8.78 Å². The summed E-state index contributed by atoms with van der Waals surface area (Å²) in [5.74, 6) is -0.489. The third-order valence-electron chi connectivity index (χ3n) is 2.93. The Labute approximate surface area is 105 Å². The highest BCUT2D eigenvalue weighted by atomic mass is 19.1. The van der Waals surface area contributed by atoms with E-state index < -0.39 is 0 Å². The van der Waals surface area contributed by atoms with Crippen molar-refractivity contribution in [1.29, 1.82) is 0 Å². The van der Waals surface area contributed by atoms with E-state index in [1.165, 1.54) is 12.1 Å². The fourth-order valence-electron chi connectivity index (χ4n) is 1.84. The zero-order chi connectivity index (χ0) is 13.0. The van der Waals surface area contributed by atoms with Gasteiger partial charge in [0.2, 0.25) is 0 Å². The summed E-state index contributed by atoms with van der Waals surface area (Å²) in [5, 5.41) is 3.12. The molecular formula is C15H15F2N. The molecule has 0 radical (unpaired) electrons. The SMILES string of the molecule is CC(NCc1ccccc1F)c1ccccc1F. The van der Waals surface area contributed by atoms with E-state index in [0.29, 0.717) is 17.7 Å². The molecule has 0 saturated carbocycles. The minimum absolute atomic E-state index is 0.161. The van der Waals surface area contributed by atoms with Crippen molar-refractivity contribution < 1.29 is 8.78 Å². The topological polar surface area (TPSA) is 12.0 Å². The molecule has 1 unspecified atom stereocenters. The summed E-state index contributed by atoms with van der Waals surface area (Å²) in [7, 11) is 0. The Balaban J connectivity index is 2.03. The molecule has 0 heterocycles. The van der Waals surface area contributed by atoms with Crippen molar-refractivity contribution in [3.05, 3.63) is 71.3 Å². The molecule has 0 spiro atoms. The Morgan fingerprint density at radius 3 is 2.22 bits per heavy atom. The van der Waals surface area contributed by atoms with E-state index in [1.807, 2.05) is 6.92 Å². The molecule has 94 valence electrons. The molecule has 0 aliphatic heterocycles. The van der Waals surface area contributed by atoms with Gasteiger partial charge in [-0.15, -0.1) is 0 Å². The van der Waals surface area contributed by atoms with Gasteiger partial charge in [0.05, 0.1) is 0 Å². The lowest BCUT2D eigenvalue weighted by Crippen LogP contribution is -2.19. The van der Waals surface area contributed by atoms with Crippen LogP contribution < -0.4 is 5.32 Å². The highest BCUT2D eigenvalue weighted by Crippen LogP contribution is 2.17. The number of hydrogen-bond acceptors (Lipinski definition) is 1. The molecule has 0 aromatic heterocycles. The van der Waals surface area contributed by atoms with Gasteiger partial charge in [-0.25, -0.2) is 8.78 Å². The standard InChI is InChI=1S/C15H15F2N/c1-11(13-7-3-5-9-15(13)17)18-10-12-6-2-4-8-14(12)16/h2-9,11,18H,10H2,1H3. The first-order valence-electron chi connectivity index (χ1n) is 5.89. The molecule has 0 saturated heterocycles. The second-order valence-electron chi connectivity index (χ2n) is 4.22. The summed E-state index contributed by atoms with van der Waals surface area (Å²) >= 11 is 0. The molecule has 1 atom stereocenters. The smallest absolute Gasteiger partial charge is 0.127 e. The number of hydrogen-bond donors (Lipinski definition) is 1. The molecule has 2 aromatic carbocycles. The van der Waals surface area contributed by atoms with Gasteiger partial charge in [-0.2, -0.15) is 0 Å². The Morgan fingerprint density at radius 1 is 0.944 bits per heavy atom. The van der Waals surface area contributed by atoms with E-state index >= 15 is 0 Å². The van der Waals surface area contributed by atoms with Crippen LogP contribution in [0.25, 0.3) is 0 Å². The molecular weight excluding hydrogens is 232 g/mol. The van der Waals surface area contributed by atoms with Crippen molar-refractivity contribution in [2.45, 2.75) is 19.5 Å². The molecule has 0 fully saturated rings. The van der Waals surface area contributed by atoms with Crippen LogP contribution >= 0.6 is 0 Å². The van der Waals surface area contributed by atoms with Gasteiger partial charge in [-0.1, -0.05) is 36.4 Å². The number of halogens is 2. The zero-order valence-corrected chi connectivity index (χ0v) is 10.2. The van der Waals surface area contributed by atoms with E-state index in [2.05, 4.69) is 5.32 Å². The molecule has 3 heteroatoms. The maximum atomic E-state index is 13.5. The first-order valence-corrected chi connectivity index (χ1v) is 5.89. The molecule has 1 N–H and O–H groups in total. The summed E-state index contributed by atoms with van der Waals surface area (Å²) in [6.45, 7) is 2.24. The summed E-state index contributed by atoms with van der Waals surface area (Å²) < 4.78 is 26.9. The first kappa shape index (κ1) is 12.7. The van der Waals surface area contributed by atoms with Gasteiger partial charge in [0.1, 0.15) is 11.6 Å². The van der Waals surface area contributed by atoms with Crippen molar-refractivity contribution >= 4 is 0 Å². The first-order chi connectivity index (χ1) is 8.68. The normalized spacial score (nSPS) is 12.4. The minimum Gasteiger partial charge on any atom is -0.306 e. The summed E-state index contributed by atoms with van der Waals surface area (Å²) in [4.78, 5) is 0. The maximum absolute atomic E-state index is 13.5. The minimum atomic E-state index is -0.245. The highest BCUT2D eigenvalue weighted by molar-refractivity contribution is 5.21. The van der Waals surface area contributed by atoms with Crippen LogP contribution in [0.3, 0.4) is 0 Å². The lowest BCUT2D eigenvalue weighted by molar-refractivity contribution is 0.515. The molecule has 1 nitrogen and oxygen atoms in total. The van der Waals surface area contributed by atoms with Crippen molar-refractivity contribution in [2.24, 2.45) is 0 Å². The fraction of sp³-hybridized carbons (Fsp3) is 0.200.